The van der Waals surface area contributed by atoms with Gasteiger partial charge in [-0.05, 0) is 42.8 Å². The molecule has 1 heterocycles. The Hall–Kier alpha value is -1.89. The summed E-state index contributed by atoms with van der Waals surface area (Å²) < 4.78 is 27.0. The first-order valence-corrected chi connectivity index (χ1v) is 9.82. The fraction of sp³-hybridized carbons (Fsp3) is 0.278. The minimum atomic E-state index is -3.53. The normalized spacial score (nSPS) is 16.0. The third-order valence-corrected chi connectivity index (χ3v) is 6.64. The SMILES string of the molecule is Cc1ccccc1S(=O)(=O)N1CCN(C(=O)c2ccc(Cl)cc2)CC1. The molecule has 25 heavy (non-hydrogen) atoms. The van der Waals surface area contributed by atoms with Crippen molar-refractivity contribution in [3.05, 3.63) is 64.7 Å². The maximum absolute atomic E-state index is 12.8. The summed E-state index contributed by atoms with van der Waals surface area (Å²) in [5.41, 5.74) is 1.28. The molecular formula is C18H19ClN2O3S. The zero-order valence-electron chi connectivity index (χ0n) is 13.9. The molecular weight excluding hydrogens is 360 g/mol. The summed E-state index contributed by atoms with van der Waals surface area (Å²) in [6, 6.07) is 13.7. The van der Waals surface area contributed by atoms with Crippen LogP contribution in [0.1, 0.15) is 15.9 Å². The maximum Gasteiger partial charge on any atom is 0.253 e. The van der Waals surface area contributed by atoms with Gasteiger partial charge in [-0.25, -0.2) is 8.42 Å². The van der Waals surface area contributed by atoms with Crippen LogP contribution in [0.2, 0.25) is 5.02 Å². The van der Waals surface area contributed by atoms with Gasteiger partial charge in [0.1, 0.15) is 0 Å². The van der Waals surface area contributed by atoms with E-state index in [0.29, 0.717) is 28.6 Å². The van der Waals surface area contributed by atoms with Crippen LogP contribution in [0.4, 0.5) is 0 Å². The number of piperazine rings is 1. The molecule has 2 aromatic carbocycles. The number of hydrogen-bond acceptors (Lipinski definition) is 3. The monoisotopic (exact) mass is 378 g/mol. The fourth-order valence-corrected chi connectivity index (χ4v) is 4.67. The largest absolute Gasteiger partial charge is 0.336 e. The summed E-state index contributed by atoms with van der Waals surface area (Å²) in [6.45, 7) is 3.10. The summed E-state index contributed by atoms with van der Waals surface area (Å²) in [5.74, 6) is -0.107. The molecule has 1 aliphatic heterocycles. The summed E-state index contributed by atoms with van der Waals surface area (Å²) in [4.78, 5) is 14.5. The molecule has 0 unspecified atom stereocenters. The van der Waals surface area contributed by atoms with Crippen LogP contribution in [0.3, 0.4) is 0 Å². The standard InChI is InChI=1S/C18H19ClN2O3S/c1-14-4-2-3-5-17(14)25(23,24)21-12-10-20(11-13-21)18(22)15-6-8-16(19)9-7-15/h2-9H,10-13H2,1H3. The Labute approximate surface area is 152 Å². The van der Waals surface area contributed by atoms with E-state index in [9.17, 15) is 13.2 Å². The Bertz CT molecular complexity index is 873. The van der Waals surface area contributed by atoms with Gasteiger partial charge >= 0.3 is 0 Å². The average molecular weight is 379 g/mol. The van der Waals surface area contributed by atoms with Crippen molar-refractivity contribution in [1.29, 1.82) is 0 Å². The first-order valence-electron chi connectivity index (χ1n) is 8.00. The van der Waals surface area contributed by atoms with Gasteiger partial charge in [-0.3, -0.25) is 4.79 Å². The highest BCUT2D eigenvalue weighted by Gasteiger charge is 2.31. The molecule has 1 saturated heterocycles. The molecule has 3 rings (SSSR count). The molecule has 5 nitrogen and oxygen atoms in total. The number of carbonyl (C=O) groups is 1. The van der Waals surface area contributed by atoms with E-state index in [0.717, 1.165) is 5.56 Å². The van der Waals surface area contributed by atoms with Crippen molar-refractivity contribution < 1.29 is 13.2 Å². The second-order valence-electron chi connectivity index (χ2n) is 5.97. The van der Waals surface area contributed by atoms with Crippen molar-refractivity contribution in [3.63, 3.8) is 0 Å². The number of halogens is 1. The average Bonchev–Trinajstić information content (AvgIpc) is 2.62. The number of nitrogens with zero attached hydrogens (tertiary/aromatic N) is 2. The number of rotatable bonds is 3. The van der Waals surface area contributed by atoms with Gasteiger partial charge in [0.25, 0.3) is 5.91 Å². The van der Waals surface area contributed by atoms with Crippen molar-refractivity contribution >= 4 is 27.5 Å². The van der Waals surface area contributed by atoms with E-state index in [2.05, 4.69) is 0 Å². The molecule has 0 aromatic heterocycles. The number of carbonyl (C=O) groups excluding carboxylic acids is 1. The molecule has 1 amide bonds. The first kappa shape index (κ1) is 17.9. The lowest BCUT2D eigenvalue weighted by Gasteiger charge is -2.34. The van der Waals surface area contributed by atoms with Crippen molar-refractivity contribution in [3.8, 4) is 0 Å². The van der Waals surface area contributed by atoms with Crippen molar-refractivity contribution in [2.75, 3.05) is 26.2 Å². The Morgan fingerprint density at radius 2 is 1.56 bits per heavy atom. The number of benzene rings is 2. The molecule has 0 atom stereocenters. The molecule has 132 valence electrons. The Kier molecular flexibility index (Phi) is 5.13. The summed E-state index contributed by atoms with van der Waals surface area (Å²) >= 11 is 5.84. The minimum absolute atomic E-state index is 0.107. The third kappa shape index (κ3) is 3.71. The van der Waals surface area contributed by atoms with Gasteiger partial charge in [-0.1, -0.05) is 29.8 Å². The van der Waals surface area contributed by atoms with Gasteiger partial charge in [0, 0.05) is 36.8 Å². The second-order valence-corrected chi connectivity index (χ2v) is 8.31. The molecule has 0 aliphatic carbocycles. The van der Waals surface area contributed by atoms with Gasteiger partial charge in [-0.2, -0.15) is 4.31 Å². The second kappa shape index (κ2) is 7.15. The van der Waals surface area contributed by atoms with Crippen LogP contribution >= 0.6 is 11.6 Å². The molecule has 7 heteroatoms. The van der Waals surface area contributed by atoms with E-state index in [4.69, 9.17) is 11.6 Å². The lowest BCUT2D eigenvalue weighted by Crippen LogP contribution is -2.50. The predicted octanol–water partition coefficient (Wildman–Crippen LogP) is 2.80. The molecule has 0 radical (unpaired) electrons. The lowest BCUT2D eigenvalue weighted by molar-refractivity contribution is 0.0698. The number of amides is 1. The van der Waals surface area contributed by atoms with Crippen LogP contribution in [0.5, 0.6) is 0 Å². The number of hydrogen-bond donors (Lipinski definition) is 0. The van der Waals surface area contributed by atoms with Crippen LogP contribution in [-0.2, 0) is 10.0 Å². The highest BCUT2D eigenvalue weighted by molar-refractivity contribution is 7.89. The Morgan fingerprint density at radius 3 is 2.16 bits per heavy atom. The smallest absolute Gasteiger partial charge is 0.253 e. The summed E-state index contributed by atoms with van der Waals surface area (Å²) in [6.07, 6.45) is 0. The van der Waals surface area contributed by atoms with Crippen molar-refractivity contribution in [2.24, 2.45) is 0 Å². The van der Waals surface area contributed by atoms with E-state index in [1.807, 2.05) is 6.07 Å². The maximum atomic E-state index is 12.8. The van der Waals surface area contributed by atoms with Gasteiger partial charge in [-0.15, -0.1) is 0 Å². The predicted molar refractivity (Wildman–Crippen MR) is 97.3 cm³/mol. The van der Waals surface area contributed by atoms with E-state index >= 15 is 0 Å². The molecule has 0 saturated carbocycles. The zero-order chi connectivity index (χ0) is 18.0. The molecule has 0 spiro atoms. The first-order chi connectivity index (χ1) is 11.9. The summed E-state index contributed by atoms with van der Waals surface area (Å²) in [5, 5.41) is 0.575. The highest BCUT2D eigenvalue weighted by Crippen LogP contribution is 2.21. The lowest BCUT2D eigenvalue weighted by atomic mass is 10.2. The van der Waals surface area contributed by atoms with E-state index < -0.39 is 10.0 Å². The van der Waals surface area contributed by atoms with Gasteiger partial charge in [0.05, 0.1) is 4.90 Å². The molecule has 0 N–H and O–H groups in total. The topological polar surface area (TPSA) is 57.7 Å². The number of sulfonamides is 1. The van der Waals surface area contributed by atoms with Gasteiger partial charge in [0.15, 0.2) is 0 Å². The molecule has 1 aliphatic rings. The van der Waals surface area contributed by atoms with Crippen molar-refractivity contribution in [2.45, 2.75) is 11.8 Å². The van der Waals surface area contributed by atoms with Gasteiger partial charge < -0.3 is 4.90 Å². The van der Waals surface area contributed by atoms with E-state index in [-0.39, 0.29) is 19.0 Å². The molecule has 1 fully saturated rings. The zero-order valence-corrected chi connectivity index (χ0v) is 15.4. The minimum Gasteiger partial charge on any atom is -0.336 e. The molecule has 2 aromatic rings. The van der Waals surface area contributed by atoms with E-state index in [1.54, 1.807) is 54.3 Å². The number of aryl methyl sites for hydroxylation is 1. The highest BCUT2D eigenvalue weighted by atomic mass is 35.5. The van der Waals surface area contributed by atoms with E-state index in [1.165, 1.54) is 4.31 Å². The van der Waals surface area contributed by atoms with Crippen LogP contribution in [0.25, 0.3) is 0 Å². The van der Waals surface area contributed by atoms with Crippen LogP contribution in [-0.4, -0.2) is 49.7 Å². The van der Waals surface area contributed by atoms with Crippen molar-refractivity contribution in [1.82, 2.24) is 9.21 Å². The van der Waals surface area contributed by atoms with Gasteiger partial charge in [0.2, 0.25) is 10.0 Å². The molecule has 0 bridgehead atoms. The quantitative estimate of drug-likeness (QED) is 0.825. The fourth-order valence-electron chi connectivity index (χ4n) is 2.89. The van der Waals surface area contributed by atoms with Crippen LogP contribution in [0.15, 0.2) is 53.4 Å². The van der Waals surface area contributed by atoms with Crippen LogP contribution in [0, 0.1) is 6.92 Å². The van der Waals surface area contributed by atoms with Crippen LogP contribution < -0.4 is 0 Å². The Morgan fingerprint density at radius 1 is 0.960 bits per heavy atom. The third-order valence-electron chi connectivity index (χ3n) is 4.33. The Balaban J connectivity index is 1.70. The summed E-state index contributed by atoms with van der Waals surface area (Å²) in [7, 11) is -3.53.